The lowest BCUT2D eigenvalue weighted by Gasteiger charge is -2.40. The van der Waals surface area contributed by atoms with Gasteiger partial charge in [-0.2, -0.15) is 13.2 Å². The van der Waals surface area contributed by atoms with Gasteiger partial charge in [-0.25, -0.2) is 0 Å². The van der Waals surface area contributed by atoms with Gasteiger partial charge in [0.1, 0.15) is 0 Å². The number of piperidine rings is 2. The summed E-state index contributed by atoms with van der Waals surface area (Å²) in [5.41, 5.74) is 2.51. The van der Waals surface area contributed by atoms with Crippen LogP contribution in [0.15, 0.2) is 30.5 Å². The number of rotatable bonds is 4. The minimum absolute atomic E-state index is 0.0822. The Kier molecular flexibility index (Phi) is 6.60. The van der Waals surface area contributed by atoms with Crippen molar-refractivity contribution in [3.63, 3.8) is 0 Å². The van der Waals surface area contributed by atoms with Crippen LogP contribution in [0.3, 0.4) is 0 Å². The molecule has 1 amide bonds. The summed E-state index contributed by atoms with van der Waals surface area (Å²) >= 11 is 0. The average molecular weight is 449 g/mol. The quantitative estimate of drug-likeness (QED) is 0.764. The minimum Gasteiger partial charge on any atom is -0.368 e. The number of fused-ring (bicyclic) bond motifs is 1. The highest BCUT2D eigenvalue weighted by Crippen LogP contribution is 2.37. The van der Waals surface area contributed by atoms with E-state index in [2.05, 4.69) is 22.2 Å². The molecular weight excluding hydrogens is 417 g/mol. The Hall–Kier alpha value is -2.35. The molecule has 32 heavy (non-hydrogen) atoms. The van der Waals surface area contributed by atoms with E-state index in [1.54, 1.807) is 17.2 Å². The number of likely N-dealkylation sites (tertiary alicyclic amines) is 1. The van der Waals surface area contributed by atoms with E-state index in [9.17, 15) is 18.0 Å². The number of benzene rings is 1. The number of carbonyl (C=O) groups is 1. The summed E-state index contributed by atoms with van der Waals surface area (Å²) in [5, 5.41) is 3.77. The lowest BCUT2D eigenvalue weighted by molar-refractivity contribution is -0.178. The van der Waals surface area contributed by atoms with Crippen molar-refractivity contribution >= 4 is 22.5 Å². The van der Waals surface area contributed by atoms with Crippen molar-refractivity contribution in [1.82, 2.24) is 15.2 Å². The van der Waals surface area contributed by atoms with Gasteiger partial charge in [-0.3, -0.25) is 9.78 Å². The van der Waals surface area contributed by atoms with E-state index in [0.717, 1.165) is 48.1 Å². The largest absolute Gasteiger partial charge is 0.393 e. The number of amides is 1. The Morgan fingerprint density at radius 2 is 1.94 bits per heavy atom. The number of hydrogen-bond acceptors (Lipinski definition) is 4. The fraction of sp³-hybridized carbons (Fsp3) is 0.583. The van der Waals surface area contributed by atoms with Crippen LogP contribution >= 0.6 is 0 Å². The number of aromatic nitrogens is 1. The number of hydrogen-bond donors (Lipinski definition) is 1. The molecule has 1 aromatic carbocycles. The summed E-state index contributed by atoms with van der Waals surface area (Å²) in [7, 11) is 2.06. The SMILES string of the molecule is Cc1ccc(N2CC(C(F)(F)F)C[C@@H](NC(=O)CC3CCN(C)CC3)C2)c2cccnc12. The van der Waals surface area contributed by atoms with Crippen molar-refractivity contribution in [2.75, 3.05) is 38.1 Å². The summed E-state index contributed by atoms with van der Waals surface area (Å²) in [6.45, 7) is 4.11. The van der Waals surface area contributed by atoms with Crippen LogP contribution in [0.2, 0.25) is 0 Å². The fourth-order valence-electron chi connectivity index (χ4n) is 5.03. The molecule has 2 aromatic rings. The Morgan fingerprint density at radius 1 is 1.19 bits per heavy atom. The van der Waals surface area contributed by atoms with Gasteiger partial charge in [-0.05, 0) is 76.0 Å². The van der Waals surface area contributed by atoms with Crippen LogP contribution in [0.1, 0.15) is 31.2 Å². The summed E-state index contributed by atoms with van der Waals surface area (Å²) < 4.78 is 41.3. The number of anilines is 1. The zero-order valence-electron chi connectivity index (χ0n) is 18.7. The van der Waals surface area contributed by atoms with Crippen LogP contribution in [0, 0.1) is 18.8 Å². The molecule has 2 aliphatic heterocycles. The van der Waals surface area contributed by atoms with Crippen molar-refractivity contribution in [1.29, 1.82) is 0 Å². The monoisotopic (exact) mass is 448 g/mol. The van der Waals surface area contributed by atoms with Crippen LogP contribution in [-0.4, -0.2) is 61.2 Å². The van der Waals surface area contributed by atoms with Crippen LogP contribution in [0.25, 0.3) is 10.9 Å². The zero-order valence-corrected chi connectivity index (χ0v) is 18.7. The average Bonchev–Trinajstić information content (AvgIpc) is 2.75. The third kappa shape index (κ3) is 5.17. The van der Waals surface area contributed by atoms with Gasteiger partial charge in [0.05, 0.1) is 11.4 Å². The predicted molar refractivity (Wildman–Crippen MR) is 120 cm³/mol. The number of nitrogens with one attached hydrogen (secondary N) is 1. The van der Waals surface area contributed by atoms with Gasteiger partial charge < -0.3 is 15.1 Å². The van der Waals surface area contributed by atoms with E-state index in [4.69, 9.17) is 0 Å². The number of aryl methyl sites for hydroxylation is 1. The summed E-state index contributed by atoms with van der Waals surface area (Å²) in [5.74, 6) is -1.32. The molecule has 5 nitrogen and oxygen atoms in total. The third-order valence-electron chi connectivity index (χ3n) is 6.88. The highest BCUT2D eigenvalue weighted by atomic mass is 19.4. The number of alkyl halides is 3. The molecule has 2 aliphatic rings. The van der Waals surface area contributed by atoms with Crippen LogP contribution < -0.4 is 10.2 Å². The van der Waals surface area contributed by atoms with Gasteiger partial charge in [-0.15, -0.1) is 0 Å². The van der Waals surface area contributed by atoms with E-state index in [0.29, 0.717) is 18.9 Å². The Morgan fingerprint density at radius 3 is 2.66 bits per heavy atom. The molecule has 2 fully saturated rings. The second-order valence-electron chi connectivity index (χ2n) is 9.40. The first-order chi connectivity index (χ1) is 15.2. The number of pyridine rings is 1. The lowest BCUT2D eigenvalue weighted by atomic mass is 9.91. The normalized spacial score (nSPS) is 23.5. The standard InChI is InChI=1S/C24H31F3N4O/c1-16-5-6-21(20-4-3-9-28-23(16)20)31-14-18(24(25,26)27)13-19(15-31)29-22(32)12-17-7-10-30(2)11-8-17/h3-6,9,17-19H,7-8,10-15H2,1-2H3,(H,29,32)/t18?,19-/m1/s1. The van der Waals surface area contributed by atoms with Gasteiger partial charge in [0.2, 0.25) is 5.91 Å². The molecule has 1 N–H and O–H groups in total. The van der Waals surface area contributed by atoms with Crippen molar-refractivity contribution in [3.05, 3.63) is 36.0 Å². The molecular formula is C24H31F3N4O. The molecule has 0 saturated carbocycles. The van der Waals surface area contributed by atoms with Gasteiger partial charge in [-0.1, -0.05) is 6.07 Å². The molecule has 8 heteroatoms. The minimum atomic E-state index is -4.31. The Labute approximate surface area is 187 Å². The lowest BCUT2D eigenvalue weighted by Crippen LogP contribution is -2.54. The van der Waals surface area contributed by atoms with Crippen molar-refractivity contribution in [3.8, 4) is 0 Å². The molecule has 174 valence electrons. The summed E-state index contributed by atoms with van der Waals surface area (Å²) in [4.78, 5) is 21.1. The molecule has 0 bridgehead atoms. The van der Waals surface area contributed by atoms with Crippen molar-refractivity contribution in [2.45, 2.75) is 44.8 Å². The van der Waals surface area contributed by atoms with Gasteiger partial charge >= 0.3 is 6.18 Å². The van der Waals surface area contributed by atoms with E-state index in [1.165, 1.54) is 0 Å². The summed E-state index contributed by atoms with van der Waals surface area (Å²) in [6, 6.07) is 6.93. The van der Waals surface area contributed by atoms with Crippen LogP contribution in [0.4, 0.5) is 18.9 Å². The topological polar surface area (TPSA) is 48.5 Å². The highest BCUT2D eigenvalue weighted by Gasteiger charge is 2.45. The number of carbonyl (C=O) groups excluding carboxylic acids is 1. The first kappa shape index (κ1) is 22.8. The highest BCUT2D eigenvalue weighted by molar-refractivity contribution is 5.93. The Balaban J connectivity index is 1.52. The second-order valence-corrected chi connectivity index (χ2v) is 9.40. The van der Waals surface area contributed by atoms with Crippen molar-refractivity contribution < 1.29 is 18.0 Å². The molecule has 2 atom stereocenters. The zero-order chi connectivity index (χ0) is 22.9. The third-order valence-corrected chi connectivity index (χ3v) is 6.88. The molecule has 2 saturated heterocycles. The molecule has 4 rings (SSSR count). The first-order valence-corrected chi connectivity index (χ1v) is 11.3. The summed E-state index contributed by atoms with van der Waals surface area (Å²) in [6.07, 6.45) is -0.406. The van der Waals surface area contributed by atoms with Gasteiger partial charge in [0.15, 0.2) is 0 Å². The van der Waals surface area contributed by atoms with Crippen LogP contribution in [0.5, 0.6) is 0 Å². The van der Waals surface area contributed by atoms with Gasteiger partial charge in [0.25, 0.3) is 0 Å². The fourth-order valence-corrected chi connectivity index (χ4v) is 5.03. The second kappa shape index (κ2) is 9.25. The predicted octanol–water partition coefficient (Wildman–Crippen LogP) is 4.15. The van der Waals surface area contributed by atoms with E-state index >= 15 is 0 Å². The molecule has 0 spiro atoms. The van der Waals surface area contributed by atoms with E-state index in [1.807, 2.05) is 25.1 Å². The maximum absolute atomic E-state index is 13.8. The Bertz CT molecular complexity index is 956. The van der Waals surface area contributed by atoms with Crippen molar-refractivity contribution in [2.24, 2.45) is 11.8 Å². The first-order valence-electron chi connectivity index (χ1n) is 11.3. The molecule has 0 radical (unpaired) electrons. The van der Waals surface area contributed by atoms with E-state index in [-0.39, 0.29) is 18.9 Å². The number of nitrogens with zero attached hydrogens (tertiary/aromatic N) is 3. The van der Waals surface area contributed by atoms with Gasteiger partial charge in [0, 0.05) is 42.8 Å². The maximum Gasteiger partial charge on any atom is 0.393 e. The van der Waals surface area contributed by atoms with E-state index < -0.39 is 18.1 Å². The molecule has 1 aromatic heterocycles. The maximum atomic E-state index is 13.8. The molecule has 3 heterocycles. The van der Waals surface area contributed by atoms with Crippen LogP contribution in [-0.2, 0) is 4.79 Å². The number of halogens is 3. The molecule has 0 aliphatic carbocycles. The smallest absolute Gasteiger partial charge is 0.368 e. The molecule has 1 unspecified atom stereocenters.